The zero-order chi connectivity index (χ0) is 21.0. The monoisotopic (exact) mass is 386 g/mol. The third-order valence-electron chi connectivity index (χ3n) is 5.46. The van der Waals surface area contributed by atoms with Gasteiger partial charge in [-0.2, -0.15) is 0 Å². The predicted octanol–water partition coefficient (Wildman–Crippen LogP) is 5.99. The van der Waals surface area contributed by atoms with Crippen molar-refractivity contribution in [1.29, 1.82) is 0 Å². The molecule has 0 aromatic heterocycles. The number of aliphatic hydroxyl groups excluding tert-OH is 1. The highest BCUT2D eigenvalue weighted by Gasteiger charge is 2.21. The summed E-state index contributed by atoms with van der Waals surface area (Å²) in [5.41, 5.74) is 6.03. The van der Waals surface area contributed by atoms with Crippen molar-refractivity contribution in [3.8, 4) is 0 Å². The highest BCUT2D eigenvalue weighted by molar-refractivity contribution is 5.97. The van der Waals surface area contributed by atoms with Crippen LogP contribution >= 0.6 is 0 Å². The van der Waals surface area contributed by atoms with E-state index in [1.165, 1.54) is 5.56 Å². The molecule has 1 unspecified atom stereocenters. The molecular formula is C27H30O2. The second-order valence-corrected chi connectivity index (χ2v) is 8.78. The highest BCUT2D eigenvalue weighted by atomic mass is 16.3. The van der Waals surface area contributed by atoms with Crippen molar-refractivity contribution in [3.63, 3.8) is 0 Å². The van der Waals surface area contributed by atoms with Gasteiger partial charge in [0.2, 0.25) is 0 Å². The maximum atomic E-state index is 12.9. The van der Waals surface area contributed by atoms with Crippen molar-refractivity contribution < 1.29 is 9.90 Å². The summed E-state index contributed by atoms with van der Waals surface area (Å²) in [6, 6.07) is 23.5. The molecule has 0 saturated heterocycles. The number of aliphatic hydroxyl groups is 1. The minimum absolute atomic E-state index is 0.000815. The number of carbonyl (C=O) groups is 1. The third kappa shape index (κ3) is 5.21. The van der Waals surface area contributed by atoms with E-state index in [0.717, 1.165) is 27.8 Å². The number of rotatable bonds is 6. The zero-order valence-corrected chi connectivity index (χ0v) is 17.8. The second kappa shape index (κ2) is 8.75. The van der Waals surface area contributed by atoms with Gasteiger partial charge >= 0.3 is 0 Å². The number of ketones is 1. The molecule has 0 fully saturated rings. The lowest BCUT2D eigenvalue weighted by Crippen LogP contribution is -2.16. The van der Waals surface area contributed by atoms with Crippen LogP contribution in [0.5, 0.6) is 0 Å². The van der Waals surface area contributed by atoms with E-state index in [4.69, 9.17) is 0 Å². The van der Waals surface area contributed by atoms with Crippen molar-refractivity contribution in [3.05, 3.63) is 106 Å². The van der Waals surface area contributed by atoms with Crippen molar-refractivity contribution in [1.82, 2.24) is 0 Å². The van der Waals surface area contributed by atoms with Crippen LogP contribution in [0.2, 0.25) is 0 Å². The molecule has 150 valence electrons. The minimum atomic E-state index is -0.601. The molecule has 1 N–H and O–H groups in total. The molecule has 1 atom stereocenters. The predicted molar refractivity (Wildman–Crippen MR) is 119 cm³/mol. The first-order valence-electron chi connectivity index (χ1n) is 10.2. The first-order valence-corrected chi connectivity index (χ1v) is 10.2. The molecule has 0 saturated carbocycles. The lowest BCUT2D eigenvalue weighted by atomic mass is 9.81. The summed E-state index contributed by atoms with van der Waals surface area (Å²) in [5.74, 6) is 0.104. The largest absolute Gasteiger partial charge is 0.388 e. The van der Waals surface area contributed by atoms with Crippen LogP contribution < -0.4 is 0 Å². The summed E-state index contributed by atoms with van der Waals surface area (Å²) < 4.78 is 0. The topological polar surface area (TPSA) is 37.3 Å². The van der Waals surface area contributed by atoms with Crippen LogP contribution in [0, 0.1) is 6.92 Å². The van der Waals surface area contributed by atoms with Gasteiger partial charge in [-0.1, -0.05) is 93.6 Å². The van der Waals surface area contributed by atoms with Crippen LogP contribution in [0.15, 0.2) is 72.8 Å². The molecule has 3 aromatic rings. The van der Waals surface area contributed by atoms with Gasteiger partial charge in [0.25, 0.3) is 0 Å². The standard InChI is InChI=1S/C27H30O2/c1-19-15-23(27(2,3)4)16-22(17-25(28)20-11-7-5-8-12-20)24(19)18-26(29)21-13-9-6-10-14-21/h5-16,25,28H,17-18H2,1-4H3. The Labute approximate surface area is 174 Å². The van der Waals surface area contributed by atoms with Gasteiger partial charge in [-0.3, -0.25) is 4.79 Å². The molecule has 3 aromatic carbocycles. The molecule has 0 bridgehead atoms. The van der Waals surface area contributed by atoms with Gasteiger partial charge in [-0.15, -0.1) is 0 Å². The molecule has 3 rings (SSSR count). The van der Waals surface area contributed by atoms with Crippen LogP contribution in [0.1, 0.15) is 65.1 Å². The molecular weight excluding hydrogens is 356 g/mol. The van der Waals surface area contributed by atoms with Gasteiger partial charge in [0.1, 0.15) is 0 Å². The van der Waals surface area contributed by atoms with E-state index in [-0.39, 0.29) is 11.2 Å². The fourth-order valence-electron chi connectivity index (χ4n) is 3.65. The Morgan fingerprint density at radius 1 is 0.931 bits per heavy atom. The molecule has 2 heteroatoms. The number of hydrogen-bond donors (Lipinski definition) is 1. The number of carbonyl (C=O) groups excluding carboxylic acids is 1. The second-order valence-electron chi connectivity index (χ2n) is 8.78. The number of Topliss-reactive ketones (excluding diaryl/α,β-unsaturated/α-hetero) is 1. The van der Waals surface area contributed by atoms with Gasteiger partial charge in [-0.05, 0) is 40.2 Å². The van der Waals surface area contributed by atoms with E-state index in [0.29, 0.717) is 12.8 Å². The molecule has 29 heavy (non-hydrogen) atoms. The molecule has 0 spiro atoms. The first kappa shape index (κ1) is 21.0. The quantitative estimate of drug-likeness (QED) is 0.528. The van der Waals surface area contributed by atoms with E-state index in [2.05, 4.69) is 39.8 Å². The van der Waals surface area contributed by atoms with Gasteiger partial charge in [-0.25, -0.2) is 0 Å². The summed E-state index contributed by atoms with van der Waals surface area (Å²) in [6.07, 6.45) is 0.236. The van der Waals surface area contributed by atoms with Crippen LogP contribution in [-0.4, -0.2) is 10.9 Å². The average Bonchev–Trinajstić information content (AvgIpc) is 2.70. The Hall–Kier alpha value is -2.71. The Morgan fingerprint density at radius 2 is 1.52 bits per heavy atom. The van der Waals surface area contributed by atoms with Gasteiger partial charge in [0, 0.05) is 18.4 Å². The van der Waals surface area contributed by atoms with Crippen LogP contribution in [-0.2, 0) is 18.3 Å². The van der Waals surface area contributed by atoms with Gasteiger partial charge in [0.05, 0.1) is 6.10 Å². The van der Waals surface area contributed by atoms with E-state index in [9.17, 15) is 9.90 Å². The summed E-state index contributed by atoms with van der Waals surface area (Å²) in [4.78, 5) is 12.9. The van der Waals surface area contributed by atoms with Gasteiger partial charge in [0.15, 0.2) is 5.78 Å². The Bertz CT molecular complexity index is 967. The van der Waals surface area contributed by atoms with Crippen molar-refractivity contribution in [2.45, 2.75) is 52.1 Å². The Morgan fingerprint density at radius 3 is 2.10 bits per heavy atom. The fraction of sp³-hybridized carbons (Fsp3) is 0.296. The highest BCUT2D eigenvalue weighted by Crippen LogP contribution is 2.30. The van der Waals surface area contributed by atoms with Crippen LogP contribution in [0.4, 0.5) is 0 Å². The number of hydrogen-bond acceptors (Lipinski definition) is 2. The van der Waals surface area contributed by atoms with E-state index >= 15 is 0 Å². The summed E-state index contributed by atoms with van der Waals surface area (Å²) >= 11 is 0. The third-order valence-corrected chi connectivity index (χ3v) is 5.46. The van der Waals surface area contributed by atoms with E-state index < -0.39 is 6.10 Å². The smallest absolute Gasteiger partial charge is 0.167 e. The molecule has 0 aliphatic rings. The fourth-order valence-corrected chi connectivity index (χ4v) is 3.65. The maximum absolute atomic E-state index is 12.9. The lowest BCUT2D eigenvalue weighted by molar-refractivity contribution is 0.0992. The molecule has 0 aliphatic heterocycles. The summed E-state index contributed by atoms with van der Waals surface area (Å²) in [5, 5.41) is 10.8. The van der Waals surface area contributed by atoms with Crippen LogP contribution in [0.25, 0.3) is 0 Å². The summed E-state index contributed by atoms with van der Waals surface area (Å²) in [7, 11) is 0. The van der Waals surface area contributed by atoms with E-state index in [1.807, 2.05) is 60.7 Å². The SMILES string of the molecule is Cc1cc(C(C)(C)C)cc(CC(O)c2ccccc2)c1CC(=O)c1ccccc1. The Balaban J connectivity index is 1.98. The van der Waals surface area contributed by atoms with Gasteiger partial charge < -0.3 is 5.11 Å². The normalized spacial score (nSPS) is 12.6. The lowest BCUT2D eigenvalue weighted by Gasteiger charge is -2.24. The average molecular weight is 387 g/mol. The molecule has 0 heterocycles. The van der Waals surface area contributed by atoms with E-state index in [1.54, 1.807) is 0 Å². The first-order chi connectivity index (χ1) is 13.8. The van der Waals surface area contributed by atoms with Crippen molar-refractivity contribution in [2.24, 2.45) is 0 Å². The number of benzene rings is 3. The molecule has 0 amide bonds. The van der Waals surface area contributed by atoms with Crippen molar-refractivity contribution in [2.75, 3.05) is 0 Å². The number of aryl methyl sites for hydroxylation is 1. The molecule has 0 aliphatic carbocycles. The maximum Gasteiger partial charge on any atom is 0.167 e. The zero-order valence-electron chi connectivity index (χ0n) is 17.8. The molecule has 2 nitrogen and oxygen atoms in total. The molecule has 0 radical (unpaired) electrons. The minimum Gasteiger partial charge on any atom is -0.388 e. The van der Waals surface area contributed by atoms with Crippen molar-refractivity contribution >= 4 is 5.78 Å². The van der Waals surface area contributed by atoms with Crippen LogP contribution in [0.3, 0.4) is 0 Å². The summed E-state index contributed by atoms with van der Waals surface area (Å²) in [6.45, 7) is 8.64. The Kier molecular flexibility index (Phi) is 6.34.